The van der Waals surface area contributed by atoms with E-state index in [0.717, 1.165) is 0 Å². The zero-order valence-electron chi connectivity index (χ0n) is 11.0. The number of halogens is 1. The molecule has 0 aliphatic heterocycles. The largest absolute Gasteiger partial charge is 0.484 e. The van der Waals surface area contributed by atoms with Gasteiger partial charge in [-0.1, -0.05) is 30.4 Å². The molecule has 0 atom stereocenters. The van der Waals surface area contributed by atoms with Gasteiger partial charge in [-0.25, -0.2) is 4.39 Å². The number of rotatable bonds is 5. The summed E-state index contributed by atoms with van der Waals surface area (Å²) in [6.45, 7) is -0.149. The topological polar surface area (TPSA) is 64.3 Å². The van der Waals surface area contributed by atoms with Crippen LogP contribution in [0.4, 0.5) is 10.1 Å². The van der Waals surface area contributed by atoms with E-state index in [9.17, 15) is 9.18 Å². The van der Waals surface area contributed by atoms with E-state index < -0.39 is 5.82 Å². The summed E-state index contributed by atoms with van der Waals surface area (Å²) in [5.41, 5.74) is 5.90. The van der Waals surface area contributed by atoms with E-state index in [1.165, 1.54) is 18.2 Å². The van der Waals surface area contributed by atoms with Gasteiger partial charge in [-0.15, -0.1) is 0 Å². The van der Waals surface area contributed by atoms with Crippen LogP contribution >= 0.6 is 12.2 Å². The Kier molecular flexibility index (Phi) is 4.84. The molecular weight excluding hydrogens is 291 g/mol. The van der Waals surface area contributed by atoms with Gasteiger partial charge in [0.1, 0.15) is 16.6 Å². The summed E-state index contributed by atoms with van der Waals surface area (Å²) < 4.78 is 18.7. The standard InChI is InChI=1S/C15H13FN2O2S/c16-13-7-6-10(8-12(13)15(17)21)18-14(19)9-20-11-4-2-1-3-5-11/h1-8H,9H2,(H2,17,21)(H,18,19). The number of carbonyl (C=O) groups excluding carboxylic acids is 1. The number of nitrogens with two attached hydrogens (primary N) is 1. The summed E-state index contributed by atoms with van der Waals surface area (Å²) in [5, 5.41) is 2.59. The Morgan fingerprint density at radius 3 is 2.62 bits per heavy atom. The van der Waals surface area contributed by atoms with Gasteiger partial charge < -0.3 is 15.8 Å². The second-order valence-corrected chi connectivity index (χ2v) is 4.65. The monoisotopic (exact) mass is 304 g/mol. The SMILES string of the molecule is NC(=S)c1cc(NC(=O)COc2ccccc2)ccc1F. The molecule has 0 bridgehead atoms. The van der Waals surface area contributed by atoms with Gasteiger partial charge >= 0.3 is 0 Å². The Labute approximate surface area is 126 Å². The van der Waals surface area contributed by atoms with Crippen LogP contribution in [-0.2, 0) is 4.79 Å². The van der Waals surface area contributed by atoms with Crippen LogP contribution in [0.25, 0.3) is 0 Å². The van der Waals surface area contributed by atoms with Gasteiger partial charge in [-0.3, -0.25) is 4.79 Å². The number of carbonyl (C=O) groups is 1. The van der Waals surface area contributed by atoms with Crippen molar-refractivity contribution in [3.8, 4) is 5.75 Å². The third kappa shape index (κ3) is 4.25. The molecule has 21 heavy (non-hydrogen) atoms. The summed E-state index contributed by atoms with van der Waals surface area (Å²) >= 11 is 4.74. The third-order valence-electron chi connectivity index (χ3n) is 2.63. The summed E-state index contributed by atoms with van der Waals surface area (Å²) in [4.78, 5) is 11.7. The molecule has 0 saturated carbocycles. The summed E-state index contributed by atoms with van der Waals surface area (Å²) in [7, 11) is 0. The summed E-state index contributed by atoms with van der Waals surface area (Å²) in [6.07, 6.45) is 0. The van der Waals surface area contributed by atoms with Gasteiger partial charge in [0.15, 0.2) is 6.61 Å². The molecular formula is C15H13FN2O2S. The van der Waals surface area contributed by atoms with Crippen molar-refractivity contribution in [1.29, 1.82) is 0 Å². The fourth-order valence-electron chi connectivity index (χ4n) is 1.65. The van der Waals surface area contributed by atoms with Crippen LogP contribution in [0.15, 0.2) is 48.5 Å². The van der Waals surface area contributed by atoms with E-state index in [-0.39, 0.29) is 23.1 Å². The first kappa shape index (κ1) is 14.9. The van der Waals surface area contributed by atoms with Crippen LogP contribution in [-0.4, -0.2) is 17.5 Å². The predicted octanol–water partition coefficient (Wildman–Crippen LogP) is 2.48. The fourth-order valence-corrected chi connectivity index (χ4v) is 1.81. The first-order valence-electron chi connectivity index (χ1n) is 6.13. The molecule has 0 saturated heterocycles. The molecule has 6 heteroatoms. The minimum Gasteiger partial charge on any atom is -0.484 e. The molecule has 0 aromatic heterocycles. The van der Waals surface area contributed by atoms with E-state index in [4.69, 9.17) is 22.7 Å². The number of ether oxygens (including phenoxy) is 1. The van der Waals surface area contributed by atoms with Crippen LogP contribution < -0.4 is 15.8 Å². The van der Waals surface area contributed by atoms with Gasteiger partial charge in [-0.2, -0.15) is 0 Å². The van der Waals surface area contributed by atoms with Gasteiger partial charge in [0, 0.05) is 11.3 Å². The Bertz CT molecular complexity index is 662. The van der Waals surface area contributed by atoms with Crippen molar-refractivity contribution in [3.05, 3.63) is 59.9 Å². The number of anilines is 1. The molecule has 108 valence electrons. The highest BCUT2D eigenvalue weighted by Crippen LogP contribution is 2.15. The quantitative estimate of drug-likeness (QED) is 0.833. The maximum atomic E-state index is 13.4. The van der Waals surface area contributed by atoms with Crippen LogP contribution in [0.2, 0.25) is 0 Å². The predicted molar refractivity (Wildman–Crippen MR) is 82.9 cm³/mol. The highest BCUT2D eigenvalue weighted by molar-refractivity contribution is 7.80. The van der Waals surface area contributed by atoms with Crippen LogP contribution in [0.1, 0.15) is 5.56 Å². The van der Waals surface area contributed by atoms with Gasteiger partial charge in [0.05, 0.1) is 0 Å². The number of amides is 1. The molecule has 0 radical (unpaired) electrons. The van der Waals surface area contributed by atoms with Crippen molar-refractivity contribution >= 4 is 28.8 Å². The molecule has 1 amide bonds. The Morgan fingerprint density at radius 2 is 1.95 bits per heavy atom. The normalized spacial score (nSPS) is 9.95. The average Bonchev–Trinajstić information content (AvgIpc) is 2.48. The zero-order chi connectivity index (χ0) is 15.2. The molecule has 0 aliphatic carbocycles. The fraction of sp³-hybridized carbons (Fsp3) is 0.0667. The lowest BCUT2D eigenvalue weighted by atomic mass is 10.2. The van der Waals surface area contributed by atoms with Crippen molar-refractivity contribution in [1.82, 2.24) is 0 Å². The van der Waals surface area contributed by atoms with E-state index in [1.807, 2.05) is 18.2 Å². The number of thiocarbonyl (C=S) groups is 1. The molecule has 0 aliphatic rings. The minimum atomic E-state index is -0.527. The number of hydrogen-bond acceptors (Lipinski definition) is 3. The lowest BCUT2D eigenvalue weighted by molar-refractivity contribution is -0.118. The molecule has 4 nitrogen and oxygen atoms in total. The second kappa shape index (κ2) is 6.81. The Balaban J connectivity index is 1.97. The van der Waals surface area contributed by atoms with Crippen molar-refractivity contribution < 1.29 is 13.9 Å². The molecule has 2 aromatic carbocycles. The molecule has 0 fully saturated rings. The molecule has 0 spiro atoms. The first-order chi connectivity index (χ1) is 10.1. The Morgan fingerprint density at radius 1 is 1.24 bits per heavy atom. The lowest BCUT2D eigenvalue weighted by Gasteiger charge is -2.09. The molecule has 3 N–H and O–H groups in total. The average molecular weight is 304 g/mol. The number of nitrogens with one attached hydrogen (secondary N) is 1. The number of hydrogen-bond donors (Lipinski definition) is 2. The molecule has 0 unspecified atom stereocenters. The smallest absolute Gasteiger partial charge is 0.262 e. The van der Waals surface area contributed by atoms with Gasteiger partial charge in [0.2, 0.25) is 0 Å². The maximum Gasteiger partial charge on any atom is 0.262 e. The van der Waals surface area contributed by atoms with Crippen LogP contribution in [0, 0.1) is 5.82 Å². The molecule has 2 aromatic rings. The number of benzene rings is 2. The van der Waals surface area contributed by atoms with Gasteiger partial charge in [-0.05, 0) is 30.3 Å². The van der Waals surface area contributed by atoms with Crippen molar-refractivity contribution in [2.45, 2.75) is 0 Å². The van der Waals surface area contributed by atoms with Crippen LogP contribution in [0.3, 0.4) is 0 Å². The van der Waals surface area contributed by atoms with E-state index in [0.29, 0.717) is 11.4 Å². The minimum absolute atomic E-state index is 0.0656. The zero-order valence-corrected chi connectivity index (χ0v) is 11.8. The van der Waals surface area contributed by atoms with Crippen LogP contribution in [0.5, 0.6) is 5.75 Å². The molecule has 0 heterocycles. The van der Waals surface area contributed by atoms with Crippen molar-refractivity contribution in [2.24, 2.45) is 5.73 Å². The highest BCUT2D eigenvalue weighted by atomic mass is 32.1. The van der Waals surface area contributed by atoms with E-state index in [1.54, 1.807) is 12.1 Å². The second-order valence-electron chi connectivity index (χ2n) is 4.21. The van der Waals surface area contributed by atoms with Crippen molar-refractivity contribution in [2.75, 3.05) is 11.9 Å². The first-order valence-corrected chi connectivity index (χ1v) is 6.54. The maximum absolute atomic E-state index is 13.4. The van der Waals surface area contributed by atoms with E-state index >= 15 is 0 Å². The highest BCUT2D eigenvalue weighted by Gasteiger charge is 2.09. The lowest BCUT2D eigenvalue weighted by Crippen LogP contribution is -2.21. The van der Waals surface area contributed by atoms with E-state index in [2.05, 4.69) is 5.32 Å². The Hall–Kier alpha value is -2.47. The van der Waals surface area contributed by atoms with Gasteiger partial charge in [0.25, 0.3) is 5.91 Å². The van der Waals surface area contributed by atoms with Crippen molar-refractivity contribution in [3.63, 3.8) is 0 Å². The molecule has 2 rings (SSSR count). The number of para-hydroxylation sites is 1. The summed E-state index contributed by atoms with van der Waals surface area (Å²) in [5.74, 6) is -0.295. The third-order valence-corrected chi connectivity index (χ3v) is 2.85. The summed E-state index contributed by atoms with van der Waals surface area (Å²) in [6, 6.07) is 13.0.